The van der Waals surface area contributed by atoms with E-state index in [0.717, 1.165) is 16.1 Å². The fourth-order valence-electron chi connectivity index (χ4n) is 2.01. The molecule has 0 aliphatic carbocycles. The lowest BCUT2D eigenvalue weighted by atomic mass is 10.1. The quantitative estimate of drug-likeness (QED) is 0.627. The van der Waals surface area contributed by atoms with Gasteiger partial charge in [-0.15, -0.1) is 10.2 Å². The van der Waals surface area contributed by atoms with E-state index in [2.05, 4.69) is 10.2 Å². The van der Waals surface area contributed by atoms with Crippen LogP contribution >= 0.6 is 11.8 Å². The minimum atomic E-state index is -0.0807. The molecule has 1 aromatic carbocycles. The molecule has 0 aliphatic heterocycles. The predicted molar refractivity (Wildman–Crippen MR) is 73.3 cm³/mol. The van der Waals surface area contributed by atoms with Crippen molar-refractivity contribution in [3.8, 4) is 0 Å². The highest BCUT2D eigenvalue weighted by Gasteiger charge is 2.08. The second-order valence-electron chi connectivity index (χ2n) is 4.12. The minimum absolute atomic E-state index is 0.0807. The minimum Gasteiger partial charge on any atom is -0.285 e. The number of nitrogens with zero attached hydrogens (tertiary/aromatic N) is 3. The van der Waals surface area contributed by atoms with Crippen LogP contribution in [0.5, 0.6) is 0 Å². The van der Waals surface area contributed by atoms with Gasteiger partial charge in [-0.1, -0.05) is 35.5 Å². The van der Waals surface area contributed by atoms with Gasteiger partial charge in [0, 0.05) is 11.6 Å². The van der Waals surface area contributed by atoms with E-state index in [-0.39, 0.29) is 5.43 Å². The zero-order chi connectivity index (χ0) is 12.7. The van der Waals surface area contributed by atoms with Gasteiger partial charge in [-0.05, 0) is 24.6 Å². The Balaban J connectivity index is 2.56. The molecular weight excluding hydrogens is 246 g/mol. The van der Waals surface area contributed by atoms with Crippen LogP contribution in [0.1, 0.15) is 5.56 Å². The molecule has 0 aliphatic rings. The van der Waals surface area contributed by atoms with Crippen LogP contribution in [0, 0.1) is 6.92 Å². The van der Waals surface area contributed by atoms with Gasteiger partial charge in [-0.3, -0.25) is 9.20 Å². The standard InChI is InChI=1S/C13H11N3OS/c1-8-3-4-10-9(7-8)5-6-16-12(11(10)17)14-15-13(16)18-2/h3-7H,1-2H3. The monoisotopic (exact) mass is 257 g/mol. The number of hydrogen-bond donors (Lipinski definition) is 0. The van der Waals surface area contributed by atoms with Crippen molar-refractivity contribution in [1.82, 2.24) is 14.6 Å². The fourth-order valence-corrected chi connectivity index (χ4v) is 2.47. The first-order valence-corrected chi connectivity index (χ1v) is 6.75. The van der Waals surface area contributed by atoms with Gasteiger partial charge in [0.2, 0.25) is 11.1 Å². The van der Waals surface area contributed by atoms with Crippen LogP contribution in [0.4, 0.5) is 0 Å². The fraction of sp³-hybridized carbons (Fsp3) is 0.154. The van der Waals surface area contributed by atoms with Crippen LogP contribution in [-0.2, 0) is 0 Å². The topological polar surface area (TPSA) is 47.3 Å². The lowest BCUT2D eigenvalue weighted by molar-refractivity contribution is 0.925. The van der Waals surface area contributed by atoms with Gasteiger partial charge in [0.25, 0.3) is 0 Å². The molecule has 0 radical (unpaired) electrons. The van der Waals surface area contributed by atoms with Crippen LogP contribution in [-0.4, -0.2) is 20.9 Å². The summed E-state index contributed by atoms with van der Waals surface area (Å²) in [7, 11) is 0. The second kappa shape index (κ2) is 4.10. The zero-order valence-electron chi connectivity index (χ0n) is 10.0. The Morgan fingerprint density at radius 3 is 2.83 bits per heavy atom. The summed E-state index contributed by atoms with van der Waals surface area (Å²) in [5.41, 5.74) is 1.43. The lowest BCUT2D eigenvalue weighted by Gasteiger charge is -1.92. The van der Waals surface area contributed by atoms with Crippen LogP contribution in [0.2, 0.25) is 0 Å². The maximum absolute atomic E-state index is 12.4. The molecule has 4 nitrogen and oxygen atoms in total. The number of rotatable bonds is 1. The largest absolute Gasteiger partial charge is 0.285 e. The molecule has 0 unspecified atom stereocenters. The molecule has 3 rings (SSSR count). The van der Waals surface area contributed by atoms with Gasteiger partial charge >= 0.3 is 0 Å². The van der Waals surface area contributed by atoms with E-state index in [4.69, 9.17) is 0 Å². The van der Waals surface area contributed by atoms with Crippen LogP contribution in [0.15, 0.2) is 40.4 Å². The van der Waals surface area contributed by atoms with Crippen molar-refractivity contribution in [1.29, 1.82) is 0 Å². The summed E-state index contributed by atoms with van der Waals surface area (Å²) in [5.74, 6) is 0. The van der Waals surface area contributed by atoms with Crippen LogP contribution in [0.3, 0.4) is 0 Å². The Bertz CT molecular complexity index is 810. The van der Waals surface area contributed by atoms with Crippen LogP contribution in [0.25, 0.3) is 16.4 Å². The zero-order valence-corrected chi connectivity index (χ0v) is 10.9. The number of benzene rings is 1. The number of thioether (sulfide) groups is 1. The molecule has 0 amide bonds. The number of aromatic nitrogens is 3. The van der Waals surface area contributed by atoms with Gasteiger partial charge in [-0.25, -0.2) is 0 Å². The normalized spacial score (nSPS) is 11.2. The van der Waals surface area contributed by atoms with E-state index in [1.807, 2.05) is 43.6 Å². The summed E-state index contributed by atoms with van der Waals surface area (Å²) in [6.45, 7) is 2.01. The molecule has 0 bridgehead atoms. The van der Waals surface area contributed by atoms with Crippen molar-refractivity contribution in [3.05, 3.63) is 46.2 Å². The molecule has 5 heteroatoms. The van der Waals surface area contributed by atoms with Crippen molar-refractivity contribution in [2.24, 2.45) is 0 Å². The Hall–Kier alpha value is -1.88. The maximum Gasteiger partial charge on any atom is 0.231 e. The third kappa shape index (κ3) is 1.59. The van der Waals surface area contributed by atoms with E-state index >= 15 is 0 Å². The molecule has 18 heavy (non-hydrogen) atoms. The summed E-state index contributed by atoms with van der Waals surface area (Å²) in [6, 6.07) is 7.72. The average molecular weight is 257 g/mol. The number of aryl methyl sites for hydroxylation is 1. The number of fused-ring (bicyclic) bond motifs is 2. The highest BCUT2D eigenvalue weighted by Crippen LogP contribution is 2.15. The van der Waals surface area contributed by atoms with E-state index in [1.54, 1.807) is 4.40 Å². The first kappa shape index (κ1) is 11.2. The van der Waals surface area contributed by atoms with E-state index in [9.17, 15) is 4.79 Å². The maximum atomic E-state index is 12.4. The van der Waals surface area contributed by atoms with Gasteiger partial charge in [-0.2, -0.15) is 0 Å². The van der Waals surface area contributed by atoms with Crippen molar-refractivity contribution in [2.45, 2.75) is 12.1 Å². The molecule has 0 saturated heterocycles. The first-order valence-electron chi connectivity index (χ1n) is 5.53. The predicted octanol–water partition coefficient (Wildman–Crippen LogP) is 2.27. The molecule has 0 saturated carbocycles. The van der Waals surface area contributed by atoms with E-state index < -0.39 is 0 Å². The second-order valence-corrected chi connectivity index (χ2v) is 4.89. The Morgan fingerprint density at radius 1 is 1.22 bits per heavy atom. The molecular formula is C13H11N3OS. The molecule has 0 fully saturated rings. The number of hydrogen-bond acceptors (Lipinski definition) is 4. The Kier molecular flexibility index (Phi) is 2.56. The summed E-state index contributed by atoms with van der Waals surface area (Å²) >= 11 is 1.47. The van der Waals surface area contributed by atoms with Gasteiger partial charge < -0.3 is 0 Å². The lowest BCUT2D eigenvalue weighted by Crippen LogP contribution is -2.01. The first-order chi connectivity index (χ1) is 8.70. The van der Waals surface area contributed by atoms with Gasteiger partial charge in [0.15, 0.2) is 5.16 Å². The highest BCUT2D eigenvalue weighted by atomic mass is 32.2. The van der Waals surface area contributed by atoms with Crippen molar-refractivity contribution >= 4 is 28.2 Å². The Labute approximate surface area is 108 Å². The van der Waals surface area contributed by atoms with Crippen molar-refractivity contribution < 1.29 is 0 Å². The summed E-state index contributed by atoms with van der Waals surface area (Å²) in [6.07, 6.45) is 3.77. The van der Waals surface area contributed by atoms with Crippen LogP contribution < -0.4 is 5.43 Å². The third-order valence-electron chi connectivity index (χ3n) is 2.91. The summed E-state index contributed by atoms with van der Waals surface area (Å²) < 4.78 is 1.74. The molecule has 2 heterocycles. The average Bonchev–Trinajstić information content (AvgIpc) is 2.73. The van der Waals surface area contributed by atoms with Gasteiger partial charge in [0.1, 0.15) is 0 Å². The smallest absolute Gasteiger partial charge is 0.231 e. The SMILES string of the molecule is CSc1nnc2c(=O)c3ccc(C)cc3ccn12. The summed E-state index contributed by atoms with van der Waals surface area (Å²) in [4.78, 5) is 12.4. The molecule has 0 N–H and O–H groups in total. The van der Waals surface area contributed by atoms with Gasteiger partial charge in [0.05, 0.1) is 0 Å². The van der Waals surface area contributed by atoms with Crippen molar-refractivity contribution in [2.75, 3.05) is 6.26 Å². The van der Waals surface area contributed by atoms with Crippen molar-refractivity contribution in [3.63, 3.8) is 0 Å². The Morgan fingerprint density at radius 2 is 2.06 bits per heavy atom. The molecule has 0 spiro atoms. The highest BCUT2D eigenvalue weighted by molar-refractivity contribution is 7.98. The molecule has 3 aromatic rings. The molecule has 90 valence electrons. The molecule has 0 atom stereocenters. The van der Waals surface area contributed by atoms with E-state index in [1.165, 1.54) is 11.8 Å². The molecule has 2 aromatic heterocycles. The van der Waals surface area contributed by atoms with E-state index in [0.29, 0.717) is 11.0 Å². The third-order valence-corrected chi connectivity index (χ3v) is 3.55. The summed E-state index contributed by atoms with van der Waals surface area (Å²) in [5, 5.41) is 10.3.